The van der Waals surface area contributed by atoms with E-state index in [1.54, 1.807) is 12.1 Å². The first-order valence-corrected chi connectivity index (χ1v) is 8.01. The predicted octanol–water partition coefficient (Wildman–Crippen LogP) is 2.78. The fourth-order valence-electron chi connectivity index (χ4n) is 1.97. The number of halogens is 2. The van der Waals surface area contributed by atoms with Crippen molar-refractivity contribution in [2.24, 2.45) is 0 Å². The van der Waals surface area contributed by atoms with Gasteiger partial charge in [0.15, 0.2) is 6.61 Å². The van der Waals surface area contributed by atoms with Crippen LogP contribution in [-0.4, -0.2) is 30.4 Å². The second kappa shape index (κ2) is 8.96. The van der Waals surface area contributed by atoms with E-state index >= 15 is 0 Å². The number of rotatable bonds is 6. The lowest BCUT2D eigenvalue weighted by Gasteiger charge is -2.13. The zero-order valence-electron chi connectivity index (χ0n) is 13.8. The van der Waals surface area contributed by atoms with E-state index in [4.69, 9.17) is 16.3 Å². The summed E-state index contributed by atoms with van der Waals surface area (Å²) in [5.74, 6) is -2.38. The van der Waals surface area contributed by atoms with E-state index in [2.05, 4.69) is 10.6 Å². The standard InChI is InChI=1S/C18H16ClFN2O4/c1-11(21-17(24)12-5-7-13(19)8-6-12)18(25)26-10-16(23)22-15-4-2-3-14(20)9-15/h2-9,11H,10H2,1H3,(H,21,24)(H,22,23)/t11-/m0/s1. The van der Waals surface area contributed by atoms with Crippen molar-refractivity contribution in [2.75, 3.05) is 11.9 Å². The summed E-state index contributed by atoms with van der Waals surface area (Å²) in [6.45, 7) is 0.872. The van der Waals surface area contributed by atoms with Crippen molar-refractivity contribution in [1.82, 2.24) is 5.32 Å². The monoisotopic (exact) mass is 378 g/mol. The summed E-state index contributed by atoms with van der Waals surface area (Å²) < 4.78 is 17.9. The molecule has 136 valence electrons. The van der Waals surface area contributed by atoms with Gasteiger partial charge in [0.25, 0.3) is 11.8 Å². The Bertz CT molecular complexity index is 811. The number of amides is 2. The molecule has 2 rings (SSSR count). The number of benzene rings is 2. The number of nitrogens with one attached hydrogen (secondary N) is 2. The molecule has 0 aliphatic heterocycles. The summed E-state index contributed by atoms with van der Waals surface area (Å²) >= 11 is 5.75. The van der Waals surface area contributed by atoms with Gasteiger partial charge in [0.1, 0.15) is 11.9 Å². The van der Waals surface area contributed by atoms with Crippen LogP contribution in [0.2, 0.25) is 5.02 Å². The van der Waals surface area contributed by atoms with Crippen LogP contribution in [0.15, 0.2) is 48.5 Å². The molecule has 6 nitrogen and oxygen atoms in total. The molecule has 2 aromatic rings. The Morgan fingerprint density at radius 3 is 2.50 bits per heavy atom. The van der Waals surface area contributed by atoms with Crippen molar-refractivity contribution in [3.8, 4) is 0 Å². The molecule has 8 heteroatoms. The first-order valence-electron chi connectivity index (χ1n) is 7.63. The van der Waals surface area contributed by atoms with Crippen molar-refractivity contribution in [1.29, 1.82) is 0 Å². The molecule has 0 unspecified atom stereocenters. The molecule has 2 aromatic carbocycles. The minimum Gasteiger partial charge on any atom is -0.454 e. The van der Waals surface area contributed by atoms with E-state index in [9.17, 15) is 18.8 Å². The van der Waals surface area contributed by atoms with Gasteiger partial charge in [-0.2, -0.15) is 0 Å². The Balaban J connectivity index is 1.80. The number of ether oxygens (including phenoxy) is 1. The number of hydrogen-bond acceptors (Lipinski definition) is 4. The molecule has 2 N–H and O–H groups in total. The third-order valence-corrected chi connectivity index (χ3v) is 3.51. The third-order valence-electron chi connectivity index (χ3n) is 3.26. The largest absolute Gasteiger partial charge is 0.454 e. The molecule has 0 radical (unpaired) electrons. The molecule has 1 atom stereocenters. The maximum absolute atomic E-state index is 13.0. The minimum absolute atomic E-state index is 0.245. The number of carbonyl (C=O) groups excluding carboxylic acids is 3. The number of hydrogen-bond donors (Lipinski definition) is 2. The Hall–Kier alpha value is -2.93. The molecular weight excluding hydrogens is 363 g/mol. The van der Waals surface area contributed by atoms with E-state index in [1.807, 2.05) is 0 Å². The maximum Gasteiger partial charge on any atom is 0.328 e. The SMILES string of the molecule is C[C@H](NC(=O)c1ccc(Cl)cc1)C(=O)OCC(=O)Nc1cccc(F)c1. The van der Waals surface area contributed by atoms with Crippen LogP contribution in [0, 0.1) is 5.82 Å². The van der Waals surface area contributed by atoms with Crippen molar-refractivity contribution < 1.29 is 23.5 Å². The van der Waals surface area contributed by atoms with Crippen LogP contribution in [0.5, 0.6) is 0 Å². The average Bonchev–Trinajstić information content (AvgIpc) is 2.60. The Kier molecular flexibility index (Phi) is 6.68. The molecule has 0 spiro atoms. The van der Waals surface area contributed by atoms with Gasteiger partial charge in [-0.15, -0.1) is 0 Å². The second-order valence-corrected chi connectivity index (χ2v) is 5.80. The zero-order chi connectivity index (χ0) is 19.1. The molecule has 0 aliphatic carbocycles. The van der Waals surface area contributed by atoms with Crippen molar-refractivity contribution >= 4 is 35.1 Å². The van der Waals surface area contributed by atoms with Gasteiger partial charge in [-0.05, 0) is 49.4 Å². The molecule has 26 heavy (non-hydrogen) atoms. The smallest absolute Gasteiger partial charge is 0.328 e. The third kappa shape index (κ3) is 5.86. The van der Waals surface area contributed by atoms with E-state index in [0.717, 1.165) is 6.07 Å². The van der Waals surface area contributed by atoms with Crippen molar-refractivity contribution in [3.63, 3.8) is 0 Å². The van der Waals surface area contributed by atoms with Gasteiger partial charge in [0.05, 0.1) is 0 Å². The molecule has 0 aliphatic rings. The number of esters is 1. The van der Waals surface area contributed by atoms with Gasteiger partial charge in [0, 0.05) is 16.3 Å². The van der Waals surface area contributed by atoms with Crippen LogP contribution in [0.3, 0.4) is 0 Å². The van der Waals surface area contributed by atoms with Crippen LogP contribution in [0.1, 0.15) is 17.3 Å². The molecule has 0 aromatic heterocycles. The molecule has 0 saturated carbocycles. The first kappa shape index (κ1) is 19.4. The summed E-state index contributed by atoms with van der Waals surface area (Å²) in [7, 11) is 0. The normalized spacial score (nSPS) is 11.3. The average molecular weight is 379 g/mol. The molecular formula is C18H16ClFN2O4. The summed E-state index contributed by atoms with van der Waals surface area (Å²) in [5, 5.41) is 5.34. The molecule has 0 saturated heterocycles. The number of carbonyl (C=O) groups is 3. The summed E-state index contributed by atoms with van der Waals surface area (Å²) in [6, 6.07) is 10.5. The van der Waals surface area contributed by atoms with E-state index < -0.39 is 36.2 Å². The van der Waals surface area contributed by atoms with E-state index in [-0.39, 0.29) is 5.69 Å². The highest BCUT2D eigenvalue weighted by atomic mass is 35.5. The maximum atomic E-state index is 13.0. The van der Waals surface area contributed by atoms with Gasteiger partial charge in [-0.25, -0.2) is 9.18 Å². The second-order valence-electron chi connectivity index (χ2n) is 5.37. The van der Waals surface area contributed by atoms with Crippen LogP contribution < -0.4 is 10.6 Å². The van der Waals surface area contributed by atoms with Gasteiger partial charge >= 0.3 is 5.97 Å². The van der Waals surface area contributed by atoms with Crippen molar-refractivity contribution in [3.05, 3.63) is 64.9 Å². The van der Waals surface area contributed by atoms with Gasteiger partial charge in [-0.1, -0.05) is 17.7 Å². The lowest BCUT2D eigenvalue weighted by Crippen LogP contribution is -2.40. The Morgan fingerprint density at radius 1 is 1.15 bits per heavy atom. The van der Waals surface area contributed by atoms with Crippen LogP contribution in [-0.2, 0) is 14.3 Å². The quantitative estimate of drug-likeness (QED) is 0.757. The zero-order valence-corrected chi connectivity index (χ0v) is 14.5. The van der Waals surface area contributed by atoms with E-state index in [1.165, 1.54) is 37.3 Å². The van der Waals surface area contributed by atoms with E-state index in [0.29, 0.717) is 10.6 Å². The van der Waals surface area contributed by atoms with Gasteiger partial charge < -0.3 is 15.4 Å². The van der Waals surface area contributed by atoms with Gasteiger partial charge in [0.2, 0.25) is 0 Å². The lowest BCUT2D eigenvalue weighted by molar-refractivity contribution is -0.148. The van der Waals surface area contributed by atoms with Crippen LogP contribution in [0.25, 0.3) is 0 Å². The van der Waals surface area contributed by atoms with Crippen molar-refractivity contribution in [2.45, 2.75) is 13.0 Å². The fourth-order valence-corrected chi connectivity index (χ4v) is 2.09. The topological polar surface area (TPSA) is 84.5 Å². The highest BCUT2D eigenvalue weighted by Crippen LogP contribution is 2.10. The highest BCUT2D eigenvalue weighted by Gasteiger charge is 2.19. The Morgan fingerprint density at radius 2 is 1.85 bits per heavy atom. The fraction of sp³-hybridized carbons (Fsp3) is 0.167. The minimum atomic E-state index is -0.958. The summed E-state index contributed by atoms with van der Waals surface area (Å²) in [4.78, 5) is 35.6. The predicted molar refractivity (Wildman–Crippen MR) is 94.4 cm³/mol. The molecule has 0 fully saturated rings. The lowest BCUT2D eigenvalue weighted by atomic mass is 10.2. The van der Waals surface area contributed by atoms with Crippen LogP contribution >= 0.6 is 11.6 Å². The molecule has 0 bridgehead atoms. The first-order chi connectivity index (χ1) is 12.3. The highest BCUT2D eigenvalue weighted by molar-refractivity contribution is 6.30. The Labute approximate surface area is 154 Å². The molecule has 0 heterocycles. The van der Waals surface area contributed by atoms with Crippen LogP contribution in [0.4, 0.5) is 10.1 Å². The summed E-state index contributed by atoms with van der Waals surface area (Å²) in [6.07, 6.45) is 0. The molecule has 2 amide bonds. The number of anilines is 1. The summed E-state index contributed by atoms with van der Waals surface area (Å²) in [5.41, 5.74) is 0.577. The van der Waals surface area contributed by atoms with Gasteiger partial charge in [-0.3, -0.25) is 9.59 Å².